The molecule has 0 heterocycles. The van der Waals surface area contributed by atoms with E-state index >= 15 is 0 Å². The minimum Gasteiger partial charge on any atom is -0.313 e. The molecule has 1 N–H and O–H groups in total. The van der Waals surface area contributed by atoms with E-state index in [4.69, 9.17) is 0 Å². The third kappa shape index (κ3) is 6.91. The summed E-state index contributed by atoms with van der Waals surface area (Å²) in [7, 11) is 0. The van der Waals surface area contributed by atoms with E-state index in [1.807, 2.05) is 0 Å². The van der Waals surface area contributed by atoms with Gasteiger partial charge in [0.2, 0.25) is 0 Å². The molecule has 0 aromatic carbocycles. The van der Waals surface area contributed by atoms with E-state index < -0.39 is 0 Å². The fraction of sp³-hybridized carbons (Fsp3) is 1.00. The van der Waals surface area contributed by atoms with Crippen molar-refractivity contribution in [2.45, 2.75) is 66.0 Å². The fourth-order valence-corrected chi connectivity index (χ4v) is 1.88. The minimum absolute atomic E-state index is 0.612. The molecule has 0 aliphatic carbocycles. The first-order chi connectivity index (χ1) is 7.15. The molecule has 0 aromatic heterocycles. The summed E-state index contributed by atoms with van der Waals surface area (Å²) < 4.78 is 0. The molecule has 92 valence electrons. The second kappa shape index (κ2) is 9.17. The van der Waals surface area contributed by atoms with Crippen molar-refractivity contribution < 1.29 is 0 Å². The van der Waals surface area contributed by atoms with Crippen molar-refractivity contribution in [1.82, 2.24) is 10.2 Å². The monoisotopic (exact) mass is 214 g/mol. The standard InChI is InChI=1S/C13H30N2/c1-6-9-10-15(13(5)7-2)11-12(4)14-8-3/h12-14H,6-11H2,1-5H3. The maximum absolute atomic E-state index is 3.49. The summed E-state index contributed by atoms with van der Waals surface area (Å²) in [6.45, 7) is 14.9. The van der Waals surface area contributed by atoms with Gasteiger partial charge < -0.3 is 5.32 Å². The van der Waals surface area contributed by atoms with Gasteiger partial charge in [-0.15, -0.1) is 0 Å². The zero-order chi connectivity index (χ0) is 11.7. The Morgan fingerprint density at radius 3 is 2.27 bits per heavy atom. The summed E-state index contributed by atoms with van der Waals surface area (Å²) >= 11 is 0. The van der Waals surface area contributed by atoms with Crippen molar-refractivity contribution in [3.8, 4) is 0 Å². The Bertz CT molecular complexity index is 136. The first-order valence-electron chi connectivity index (χ1n) is 6.63. The topological polar surface area (TPSA) is 15.3 Å². The average Bonchev–Trinajstić information content (AvgIpc) is 2.23. The van der Waals surface area contributed by atoms with Crippen molar-refractivity contribution in [2.24, 2.45) is 0 Å². The summed E-state index contributed by atoms with van der Waals surface area (Å²) in [5.74, 6) is 0. The first kappa shape index (κ1) is 14.9. The SMILES string of the molecule is CCCCN(CC(C)NCC)C(C)CC. The van der Waals surface area contributed by atoms with Crippen molar-refractivity contribution >= 4 is 0 Å². The van der Waals surface area contributed by atoms with Crippen molar-refractivity contribution in [3.63, 3.8) is 0 Å². The van der Waals surface area contributed by atoms with Crippen LogP contribution < -0.4 is 5.32 Å². The number of hydrogen-bond donors (Lipinski definition) is 1. The number of nitrogens with one attached hydrogen (secondary N) is 1. The Hall–Kier alpha value is -0.0800. The third-order valence-corrected chi connectivity index (χ3v) is 3.07. The Balaban J connectivity index is 3.98. The number of likely N-dealkylation sites (N-methyl/N-ethyl adjacent to an activating group) is 1. The van der Waals surface area contributed by atoms with Crippen LogP contribution in [-0.4, -0.2) is 36.6 Å². The molecule has 0 saturated carbocycles. The van der Waals surface area contributed by atoms with Crippen LogP contribution in [0, 0.1) is 0 Å². The predicted octanol–water partition coefficient (Wildman–Crippen LogP) is 2.89. The van der Waals surface area contributed by atoms with Gasteiger partial charge in [0, 0.05) is 18.6 Å². The van der Waals surface area contributed by atoms with Crippen molar-refractivity contribution in [1.29, 1.82) is 0 Å². The Kier molecular flexibility index (Phi) is 9.12. The maximum atomic E-state index is 3.49. The van der Waals surface area contributed by atoms with Gasteiger partial charge in [0.15, 0.2) is 0 Å². The predicted molar refractivity (Wildman–Crippen MR) is 69.4 cm³/mol. The molecule has 2 atom stereocenters. The van der Waals surface area contributed by atoms with Crippen LogP contribution in [0.15, 0.2) is 0 Å². The van der Waals surface area contributed by atoms with Crippen LogP contribution in [0.2, 0.25) is 0 Å². The summed E-state index contributed by atoms with van der Waals surface area (Å²) in [5.41, 5.74) is 0. The molecule has 0 saturated heterocycles. The van der Waals surface area contributed by atoms with Crippen LogP contribution in [0.25, 0.3) is 0 Å². The zero-order valence-corrected chi connectivity index (χ0v) is 11.3. The van der Waals surface area contributed by atoms with Crippen LogP contribution in [0.4, 0.5) is 0 Å². The van der Waals surface area contributed by atoms with Crippen LogP contribution in [-0.2, 0) is 0 Å². The van der Waals surface area contributed by atoms with E-state index in [9.17, 15) is 0 Å². The summed E-state index contributed by atoms with van der Waals surface area (Å²) in [5, 5.41) is 3.49. The van der Waals surface area contributed by atoms with E-state index in [0.29, 0.717) is 6.04 Å². The highest BCUT2D eigenvalue weighted by Crippen LogP contribution is 2.06. The molecule has 2 nitrogen and oxygen atoms in total. The van der Waals surface area contributed by atoms with E-state index in [1.165, 1.54) is 32.4 Å². The molecule has 0 radical (unpaired) electrons. The van der Waals surface area contributed by atoms with Gasteiger partial charge in [-0.05, 0) is 39.8 Å². The second-order valence-electron chi connectivity index (χ2n) is 4.56. The van der Waals surface area contributed by atoms with Gasteiger partial charge in [-0.2, -0.15) is 0 Å². The highest BCUT2D eigenvalue weighted by atomic mass is 15.2. The lowest BCUT2D eigenvalue weighted by atomic mass is 10.1. The van der Waals surface area contributed by atoms with Crippen LogP contribution in [0.5, 0.6) is 0 Å². The molecular weight excluding hydrogens is 184 g/mol. The lowest BCUT2D eigenvalue weighted by Gasteiger charge is -2.31. The summed E-state index contributed by atoms with van der Waals surface area (Å²) in [6, 6.07) is 1.33. The maximum Gasteiger partial charge on any atom is 0.0166 e. The highest BCUT2D eigenvalue weighted by molar-refractivity contribution is 4.71. The largest absolute Gasteiger partial charge is 0.313 e. The minimum atomic E-state index is 0.612. The number of unbranched alkanes of at least 4 members (excludes halogenated alkanes) is 1. The summed E-state index contributed by atoms with van der Waals surface area (Å²) in [4.78, 5) is 2.62. The molecule has 0 aliphatic rings. The van der Waals surface area contributed by atoms with Crippen molar-refractivity contribution in [2.75, 3.05) is 19.6 Å². The molecule has 2 heteroatoms. The third-order valence-electron chi connectivity index (χ3n) is 3.07. The van der Waals surface area contributed by atoms with E-state index in [0.717, 1.165) is 12.6 Å². The summed E-state index contributed by atoms with van der Waals surface area (Å²) in [6.07, 6.45) is 3.87. The Morgan fingerprint density at radius 1 is 1.13 bits per heavy atom. The lowest BCUT2D eigenvalue weighted by Crippen LogP contribution is -2.43. The van der Waals surface area contributed by atoms with Crippen molar-refractivity contribution in [3.05, 3.63) is 0 Å². The molecule has 0 bridgehead atoms. The number of rotatable bonds is 9. The average molecular weight is 214 g/mol. The number of nitrogens with zero attached hydrogens (tertiary/aromatic N) is 1. The Morgan fingerprint density at radius 2 is 1.80 bits per heavy atom. The smallest absolute Gasteiger partial charge is 0.0166 e. The normalized spacial score (nSPS) is 15.6. The van der Waals surface area contributed by atoms with Crippen LogP contribution in [0.1, 0.15) is 53.9 Å². The zero-order valence-electron chi connectivity index (χ0n) is 11.3. The second-order valence-corrected chi connectivity index (χ2v) is 4.56. The Labute approximate surface area is 96.4 Å². The molecule has 0 spiro atoms. The van der Waals surface area contributed by atoms with Gasteiger partial charge in [0.05, 0.1) is 0 Å². The van der Waals surface area contributed by atoms with Gasteiger partial charge in [0.25, 0.3) is 0 Å². The van der Waals surface area contributed by atoms with Crippen LogP contribution in [0.3, 0.4) is 0 Å². The van der Waals surface area contributed by atoms with Gasteiger partial charge in [0.1, 0.15) is 0 Å². The molecule has 0 aliphatic heterocycles. The fourth-order valence-electron chi connectivity index (χ4n) is 1.88. The molecule has 2 unspecified atom stereocenters. The lowest BCUT2D eigenvalue weighted by molar-refractivity contribution is 0.184. The van der Waals surface area contributed by atoms with Gasteiger partial charge in [-0.25, -0.2) is 0 Å². The van der Waals surface area contributed by atoms with Gasteiger partial charge >= 0.3 is 0 Å². The molecular formula is C13H30N2. The molecule has 0 amide bonds. The van der Waals surface area contributed by atoms with E-state index in [1.54, 1.807) is 0 Å². The van der Waals surface area contributed by atoms with Gasteiger partial charge in [-0.3, -0.25) is 4.90 Å². The van der Waals surface area contributed by atoms with E-state index in [-0.39, 0.29) is 0 Å². The molecule has 0 fully saturated rings. The highest BCUT2D eigenvalue weighted by Gasteiger charge is 2.13. The molecule has 0 rings (SSSR count). The first-order valence-corrected chi connectivity index (χ1v) is 6.63. The van der Waals surface area contributed by atoms with E-state index in [2.05, 4.69) is 44.8 Å². The number of hydrogen-bond acceptors (Lipinski definition) is 2. The quantitative estimate of drug-likeness (QED) is 0.635. The van der Waals surface area contributed by atoms with Gasteiger partial charge in [-0.1, -0.05) is 27.2 Å². The molecule has 15 heavy (non-hydrogen) atoms. The molecule has 0 aromatic rings. The van der Waals surface area contributed by atoms with Crippen LogP contribution >= 0.6 is 0 Å².